The fraction of sp³-hybridized carbons (Fsp3) is 0.429. The zero-order valence-electron chi connectivity index (χ0n) is 11.3. The number of esters is 1. The minimum atomic E-state index is -0.344. The van der Waals surface area contributed by atoms with E-state index in [9.17, 15) is 4.79 Å². The van der Waals surface area contributed by atoms with E-state index < -0.39 is 0 Å². The highest BCUT2D eigenvalue weighted by Gasteiger charge is 2.13. The van der Waals surface area contributed by atoms with Gasteiger partial charge in [0.25, 0.3) is 0 Å². The second-order valence-electron chi connectivity index (χ2n) is 3.92. The predicted octanol–water partition coefficient (Wildman–Crippen LogP) is 3.02. The Morgan fingerprint density at radius 3 is 2.67 bits per heavy atom. The largest absolute Gasteiger partial charge is 0.489 e. The van der Waals surface area contributed by atoms with Gasteiger partial charge in [0.05, 0.1) is 17.9 Å². The van der Waals surface area contributed by atoms with Crippen LogP contribution < -0.4 is 0 Å². The van der Waals surface area contributed by atoms with E-state index in [-0.39, 0.29) is 12.1 Å². The van der Waals surface area contributed by atoms with Gasteiger partial charge in [-0.25, -0.2) is 4.79 Å². The van der Waals surface area contributed by atoms with Crippen molar-refractivity contribution in [2.75, 3.05) is 6.61 Å². The maximum Gasteiger partial charge on any atom is 0.337 e. The number of rotatable bonds is 5. The van der Waals surface area contributed by atoms with E-state index >= 15 is 0 Å². The molecule has 0 aliphatic carbocycles. The molecule has 0 aliphatic heterocycles. The van der Waals surface area contributed by atoms with Crippen molar-refractivity contribution in [2.45, 2.75) is 33.8 Å². The number of allylic oxidation sites excluding steroid dienone is 1. The van der Waals surface area contributed by atoms with E-state index in [0.717, 1.165) is 5.69 Å². The molecule has 98 valence electrons. The minimum absolute atomic E-state index is 0.199. The molecular weight excluding hydrogens is 230 g/mol. The number of hydrogen-bond donors (Lipinski definition) is 0. The lowest BCUT2D eigenvalue weighted by atomic mass is 10.2. The highest BCUT2D eigenvalue weighted by molar-refractivity contribution is 5.88. The Labute approximate surface area is 108 Å². The van der Waals surface area contributed by atoms with Gasteiger partial charge in [0.1, 0.15) is 11.9 Å². The summed E-state index contributed by atoms with van der Waals surface area (Å²) in [4.78, 5) is 15.7. The molecule has 0 saturated heterocycles. The van der Waals surface area contributed by atoms with E-state index in [1.165, 1.54) is 0 Å². The Kier molecular flexibility index (Phi) is 5.36. The van der Waals surface area contributed by atoms with E-state index in [1.807, 2.05) is 25.1 Å². The van der Waals surface area contributed by atoms with Gasteiger partial charge < -0.3 is 9.47 Å². The van der Waals surface area contributed by atoms with Crippen LogP contribution in [0.15, 0.2) is 35.7 Å². The maximum absolute atomic E-state index is 11.5. The average Bonchev–Trinajstić information content (AvgIpc) is 2.39. The number of carbonyl (C=O) groups is 1. The number of carbonyl (C=O) groups excluding carboxylic acids is 1. The highest BCUT2D eigenvalue weighted by Crippen LogP contribution is 2.19. The molecule has 0 fully saturated rings. The van der Waals surface area contributed by atoms with Crippen molar-refractivity contribution < 1.29 is 14.3 Å². The monoisotopic (exact) mass is 249 g/mol. The molecule has 0 bridgehead atoms. The van der Waals surface area contributed by atoms with Crippen LogP contribution in [-0.4, -0.2) is 17.6 Å². The average molecular weight is 249 g/mol. The second kappa shape index (κ2) is 6.79. The van der Waals surface area contributed by atoms with Crippen molar-refractivity contribution in [1.29, 1.82) is 0 Å². The molecule has 1 heterocycles. The summed E-state index contributed by atoms with van der Waals surface area (Å²) in [6.45, 7) is 7.48. The van der Waals surface area contributed by atoms with Gasteiger partial charge >= 0.3 is 5.97 Å². The van der Waals surface area contributed by atoms with Crippen LogP contribution >= 0.6 is 0 Å². The van der Waals surface area contributed by atoms with E-state index in [0.29, 0.717) is 17.9 Å². The molecule has 0 N–H and O–H groups in total. The van der Waals surface area contributed by atoms with Crippen LogP contribution in [0.3, 0.4) is 0 Å². The third-order valence-corrected chi connectivity index (χ3v) is 2.57. The van der Waals surface area contributed by atoms with E-state index in [4.69, 9.17) is 9.47 Å². The third kappa shape index (κ3) is 3.87. The molecule has 1 rings (SSSR count). The molecule has 18 heavy (non-hydrogen) atoms. The zero-order chi connectivity index (χ0) is 13.5. The molecule has 1 atom stereocenters. The summed E-state index contributed by atoms with van der Waals surface area (Å²) in [5.74, 6) is 0.217. The Morgan fingerprint density at radius 1 is 1.39 bits per heavy atom. The Morgan fingerprint density at radius 2 is 2.11 bits per heavy atom. The molecule has 4 nitrogen and oxygen atoms in total. The molecule has 0 saturated carbocycles. The van der Waals surface area contributed by atoms with Crippen molar-refractivity contribution in [3.8, 4) is 0 Å². The van der Waals surface area contributed by atoms with Crippen LogP contribution in [0.4, 0.5) is 0 Å². The summed E-state index contributed by atoms with van der Waals surface area (Å²) in [6.07, 6.45) is 1.52. The van der Waals surface area contributed by atoms with Gasteiger partial charge in [0, 0.05) is 6.20 Å². The molecule has 0 amide bonds. The third-order valence-electron chi connectivity index (χ3n) is 2.57. The van der Waals surface area contributed by atoms with Gasteiger partial charge in [0.2, 0.25) is 0 Å². The number of nitrogens with zero attached hydrogens (tertiary/aromatic N) is 1. The highest BCUT2D eigenvalue weighted by atomic mass is 16.5. The van der Waals surface area contributed by atoms with Gasteiger partial charge in [-0.1, -0.05) is 6.07 Å². The quantitative estimate of drug-likeness (QED) is 0.457. The molecular formula is C14H19NO3. The molecule has 1 aromatic rings. The Hall–Kier alpha value is -1.84. The first-order chi connectivity index (χ1) is 8.56. The van der Waals surface area contributed by atoms with E-state index in [1.54, 1.807) is 27.0 Å². The van der Waals surface area contributed by atoms with Crippen molar-refractivity contribution in [2.24, 2.45) is 0 Å². The summed E-state index contributed by atoms with van der Waals surface area (Å²) in [6, 6.07) is 5.64. The first-order valence-corrected chi connectivity index (χ1v) is 5.98. The topological polar surface area (TPSA) is 48.4 Å². The number of pyridine rings is 1. The van der Waals surface area contributed by atoms with Crippen LogP contribution in [0.1, 0.15) is 39.5 Å². The van der Waals surface area contributed by atoms with Crippen molar-refractivity contribution in [3.63, 3.8) is 0 Å². The van der Waals surface area contributed by atoms with Crippen LogP contribution in [0, 0.1) is 0 Å². The van der Waals surface area contributed by atoms with Gasteiger partial charge in [-0.05, 0) is 39.8 Å². The van der Waals surface area contributed by atoms with Gasteiger partial charge in [-0.3, -0.25) is 4.98 Å². The van der Waals surface area contributed by atoms with Gasteiger partial charge in [-0.15, -0.1) is 0 Å². The van der Waals surface area contributed by atoms with Gasteiger partial charge in [0.15, 0.2) is 0 Å². The normalized spacial score (nSPS) is 13.6. The molecule has 1 aromatic heterocycles. The first-order valence-electron chi connectivity index (χ1n) is 5.98. The Bertz CT molecular complexity index is 426. The van der Waals surface area contributed by atoms with Crippen LogP contribution in [0.2, 0.25) is 0 Å². The van der Waals surface area contributed by atoms with Crippen LogP contribution in [0.25, 0.3) is 0 Å². The molecule has 0 radical (unpaired) electrons. The number of hydrogen-bond acceptors (Lipinski definition) is 4. The second-order valence-corrected chi connectivity index (χ2v) is 3.92. The number of aromatic nitrogens is 1. The summed E-state index contributed by atoms with van der Waals surface area (Å²) < 4.78 is 10.6. The summed E-state index contributed by atoms with van der Waals surface area (Å²) in [5.41, 5.74) is 1.31. The lowest BCUT2D eigenvalue weighted by molar-refractivity contribution is -0.138. The zero-order valence-corrected chi connectivity index (χ0v) is 11.3. The number of ether oxygens (including phenoxy) is 2. The lowest BCUT2D eigenvalue weighted by Crippen LogP contribution is -2.09. The van der Waals surface area contributed by atoms with Crippen molar-refractivity contribution >= 4 is 5.97 Å². The SMILES string of the molecule is CCOC(=O)/C(C)=C(/C)O[C@@H](C)c1ccccn1. The molecule has 0 spiro atoms. The maximum atomic E-state index is 11.5. The fourth-order valence-electron chi connectivity index (χ4n) is 1.41. The summed E-state index contributed by atoms with van der Waals surface area (Å²) in [7, 11) is 0. The van der Waals surface area contributed by atoms with Crippen molar-refractivity contribution in [3.05, 3.63) is 41.4 Å². The van der Waals surface area contributed by atoms with E-state index in [2.05, 4.69) is 4.98 Å². The van der Waals surface area contributed by atoms with Gasteiger partial charge in [-0.2, -0.15) is 0 Å². The lowest BCUT2D eigenvalue weighted by Gasteiger charge is -2.16. The molecule has 0 aliphatic rings. The minimum Gasteiger partial charge on any atom is -0.489 e. The van der Waals surface area contributed by atoms with Crippen LogP contribution in [-0.2, 0) is 14.3 Å². The smallest absolute Gasteiger partial charge is 0.337 e. The first kappa shape index (κ1) is 14.2. The fourth-order valence-corrected chi connectivity index (χ4v) is 1.41. The standard InChI is InChI=1S/C14H19NO3/c1-5-17-14(16)10(2)11(3)18-12(4)13-8-6-7-9-15-13/h6-9,12H,5H2,1-4H3/b11-10-/t12-/m0/s1. The predicted molar refractivity (Wildman–Crippen MR) is 68.7 cm³/mol. The summed E-state index contributed by atoms with van der Waals surface area (Å²) in [5, 5.41) is 0. The van der Waals surface area contributed by atoms with Crippen LogP contribution in [0.5, 0.6) is 0 Å². The molecule has 4 heteroatoms. The van der Waals surface area contributed by atoms with Crippen molar-refractivity contribution in [1.82, 2.24) is 4.98 Å². The molecule has 0 aromatic carbocycles. The Balaban J connectivity index is 2.72. The summed E-state index contributed by atoms with van der Waals surface area (Å²) >= 11 is 0. The molecule has 0 unspecified atom stereocenters.